The van der Waals surface area contributed by atoms with Crippen molar-refractivity contribution in [2.75, 3.05) is 0 Å². The first-order valence-corrected chi connectivity index (χ1v) is 3.83. The Hall–Kier alpha value is 0.136. The van der Waals surface area contributed by atoms with Crippen molar-refractivity contribution in [2.45, 2.75) is 13.8 Å². The van der Waals surface area contributed by atoms with Crippen molar-refractivity contribution in [3.8, 4) is 0 Å². The molecule has 0 saturated carbocycles. The standard InChI is InChI=1S/C10H12N.BrH.Mg/c1-8(2)10(11)9-6-4-3-5-7-9;;/h3-8H,1-2H3;1H;/q-1;;+2/p-1. The van der Waals surface area contributed by atoms with Crippen LogP contribution in [0.3, 0.4) is 0 Å². The predicted octanol–water partition coefficient (Wildman–Crippen LogP) is -0.676. The van der Waals surface area contributed by atoms with E-state index in [0.717, 1.165) is 5.56 Å². The fourth-order valence-electron chi connectivity index (χ4n) is 0.942. The van der Waals surface area contributed by atoms with Gasteiger partial charge in [-0.05, 0) is 11.5 Å². The van der Waals surface area contributed by atoms with E-state index in [4.69, 9.17) is 0 Å². The van der Waals surface area contributed by atoms with Gasteiger partial charge >= 0.3 is 23.1 Å². The number of hydrogen-bond acceptors (Lipinski definition) is 0. The maximum Gasteiger partial charge on any atom is 2.00 e. The zero-order valence-electron chi connectivity index (χ0n) is 8.00. The molecule has 0 aromatic heterocycles. The summed E-state index contributed by atoms with van der Waals surface area (Å²) < 4.78 is 0. The van der Waals surface area contributed by atoms with E-state index in [9.17, 15) is 5.41 Å². The van der Waals surface area contributed by atoms with E-state index in [1.807, 2.05) is 44.2 Å². The number of benzene rings is 1. The average molecular weight is 250 g/mol. The predicted molar refractivity (Wildman–Crippen MR) is 54.5 cm³/mol. The third-order valence-electron chi connectivity index (χ3n) is 1.62. The summed E-state index contributed by atoms with van der Waals surface area (Å²) in [5, 5.41) is 9.51. The number of hydrogen-bond donors (Lipinski definition) is 0. The van der Waals surface area contributed by atoms with Crippen LogP contribution in [0.2, 0.25) is 0 Å². The van der Waals surface area contributed by atoms with Gasteiger partial charge in [-0.15, -0.1) is 0 Å². The average Bonchev–Trinajstić information content (AvgIpc) is 2.05. The van der Waals surface area contributed by atoms with Crippen LogP contribution in [0.4, 0.5) is 0 Å². The fourth-order valence-corrected chi connectivity index (χ4v) is 0.942. The summed E-state index contributed by atoms with van der Waals surface area (Å²) >= 11 is 0. The van der Waals surface area contributed by atoms with Gasteiger partial charge in [0, 0.05) is 0 Å². The minimum Gasteiger partial charge on any atom is -1.00 e. The molecule has 1 rings (SSSR count). The summed E-state index contributed by atoms with van der Waals surface area (Å²) in [5.74, 6) is 0.206. The molecule has 0 spiro atoms. The molecule has 0 heterocycles. The second kappa shape index (κ2) is 7.53. The van der Waals surface area contributed by atoms with Crippen molar-refractivity contribution < 1.29 is 17.0 Å². The second-order valence-corrected chi connectivity index (χ2v) is 2.91. The van der Waals surface area contributed by atoms with Crippen molar-refractivity contribution in [3.63, 3.8) is 0 Å². The van der Waals surface area contributed by atoms with Crippen molar-refractivity contribution in [2.24, 2.45) is 5.92 Å². The van der Waals surface area contributed by atoms with Crippen LogP contribution in [-0.4, -0.2) is 28.8 Å². The van der Waals surface area contributed by atoms with E-state index in [1.165, 1.54) is 0 Å². The van der Waals surface area contributed by atoms with E-state index >= 15 is 0 Å². The summed E-state index contributed by atoms with van der Waals surface area (Å²) in [6.07, 6.45) is 0. The van der Waals surface area contributed by atoms with Gasteiger partial charge in [0.25, 0.3) is 0 Å². The topological polar surface area (TPSA) is 22.3 Å². The minimum absolute atomic E-state index is 0. The molecule has 0 fully saturated rings. The summed E-state index contributed by atoms with van der Waals surface area (Å²) in [4.78, 5) is 0. The van der Waals surface area contributed by atoms with Gasteiger partial charge < -0.3 is 22.4 Å². The van der Waals surface area contributed by atoms with Gasteiger partial charge in [0.05, 0.1) is 0 Å². The van der Waals surface area contributed by atoms with Crippen LogP contribution < -0.4 is 17.0 Å². The summed E-state index contributed by atoms with van der Waals surface area (Å²) in [6, 6.07) is 9.61. The summed E-state index contributed by atoms with van der Waals surface area (Å²) in [6.45, 7) is 3.95. The monoisotopic (exact) mass is 249 g/mol. The molecule has 0 unspecified atom stereocenters. The molecule has 0 aliphatic heterocycles. The molecule has 66 valence electrons. The molecule has 0 bridgehead atoms. The number of rotatable bonds is 2. The van der Waals surface area contributed by atoms with Crippen LogP contribution in [-0.2, 0) is 0 Å². The molecule has 1 aromatic carbocycles. The number of nitrogens with zero attached hydrogens (tertiary/aromatic N) is 1. The zero-order valence-corrected chi connectivity index (χ0v) is 11.0. The van der Waals surface area contributed by atoms with Gasteiger partial charge in [0.1, 0.15) is 0 Å². The van der Waals surface area contributed by atoms with Gasteiger partial charge in [-0.25, -0.2) is 0 Å². The Morgan fingerprint density at radius 2 is 1.62 bits per heavy atom. The third-order valence-corrected chi connectivity index (χ3v) is 1.62. The molecule has 0 N–H and O–H groups in total. The van der Waals surface area contributed by atoms with E-state index in [-0.39, 0.29) is 46.0 Å². The van der Waals surface area contributed by atoms with Gasteiger partial charge in [0.2, 0.25) is 0 Å². The Bertz CT molecular complexity index is 246. The number of halogens is 1. The summed E-state index contributed by atoms with van der Waals surface area (Å²) in [5.41, 5.74) is 1.38. The molecule has 1 nitrogen and oxygen atoms in total. The Morgan fingerprint density at radius 1 is 1.15 bits per heavy atom. The molecular formula is C10H12BrMgN. The van der Waals surface area contributed by atoms with Gasteiger partial charge in [-0.1, -0.05) is 44.2 Å². The molecule has 0 aliphatic carbocycles. The Labute approximate surface area is 106 Å². The Balaban J connectivity index is 0. The van der Waals surface area contributed by atoms with Crippen LogP contribution in [0.25, 0.3) is 5.41 Å². The fraction of sp³-hybridized carbons (Fsp3) is 0.300. The first-order chi connectivity index (χ1) is 5.22. The minimum atomic E-state index is 0. The van der Waals surface area contributed by atoms with Gasteiger partial charge in [-0.2, -0.15) is 5.71 Å². The van der Waals surface area contributed by atoms with E-state index in [2.05, 4.69) is 0 Å². The van der Waals surface area contributed by atoms with Crippen LogP contribution >= 0.6 is 0 Å². The molecule has 0 aliphatic rings. The zero-order chi connectivity index (χ0) is 8.27. The Morgan fingerprint density at radius 3 is 2.00 bits per heavy atom. The largest absolute Gasteiger partial charge is 2.00 e. The molecule has 3 heteroatoms. The van der Waals surface area contributed by atoms with Gasteiger partial charge in [-0.3, -0.25) is 0 Å². The molecule has 0 amide bonds. The summed E-state index contributed by atoms with van der Waals surface area (Å²) in [7, 11) is 0. The molecule has 0 saturated heterocycles. The van der Waals surface area contributed by atoms with Crippen molar-refractivity contribution in [1.29, 1.82) is 0 Å². The van der Waals surface area contributed by atoms with Crippen LogP contribution in [0.15, 0.2) is 30.3 Å². The molecule has 1 aromatic rings. The second-order valence-electron chi connectivity index (χ2n) is 2.91. The van der Waals surface area contributed by atoms with Crippen LogP contribution in [0, 0.1) is 5.92 Å². The first-order valence-electron chi connectivity index (χ1n) is 3.83. The smallest absolute Gasteiger partial charge is 1.00 e. The SMILES string of the molecule is CC(C)C(=[N-])c1ccccc1.[Br-].[Mg+2]. The Kier molecular flexibility index (Phi) is 9.04. The van der Waals surface area contributed by atoms with Crippen molar-refractivity contribution >= 4 is 28.8 Å². The van der Waals surface area contributed by atoms with Crippen molar-refractivity contribution in [1.82, 2.24) is 0 Å². The molecule has 0 atom stereocenters. The van der Waals surface area contributed by atoms with E-state index in [1.54, 1.807) is 0 Å². The maximum atomic E-state index is 9.51. The first kappa shape index (κ1) is 15.6. The van der Waals surface area contributed by atoms with Crippen LogP contribution in [0.1, 0.15) is 19.4 Å². The molecule has 13 heavy (non-hydrogen) atoms. The van der Waals surface area contributed by atoms with Gasteiger partial charge in [0.15, 0.2) is 0 Å². The molecular weight excluding hydrogens is 238 g/mol. The van der Waals surface area contributed by atoms with E-state index in [0.29, 0.717) is 5.71 Å². The van der Waals surface area contributed by atoms with Crippen LogP contribution in [0.5, 0.6) is 0 Å². The molecule has 0 radical (unpaired) electrons. The van der Waals surface area contributed by atoms with Crippen molar-refractivity contribution in [3.05, 3.63) is 41.3 Å². The quantitative estimate of drug-likeness (QED) is 0.490. The normalized spacial score (nSPS) is 8.54. The third kappa shape index (κ3) is 4.79. The maximum absolute atomic E-state index is 9.51. The van der Waals surface area contributed by atoms with E-state index < -0.39 is 0 Å².